The summed E-state index contributed by atoms with van der Waals surface area (Å²) < 4.78 is 23.0. The molecule has 2 N–H and O–H groups in total. The van der Waals surface area contributed by atoms with E-state index in [1.54, 1.807) is 24.3 Å². The molecule has 4 nitrogen and oxygen atoms in total. The monoisotopic (exact) mass is 248 g/mol. The molecule has 92 valence electrons. The Morgan fingerprint density at radius 3 is 2.17 bits per heavy atom. The standard InChI is InChI=1S/C12H10BFO4/c14-9-2-1-3-12(8-9)17-10-4-6-11(7-5-10)18-13(15)16/h1-8,15-16H. The molecule has 0 amide bonds. The number of hydrogen-bond donors (Lipinski definition) is 2. The van der Waals surface area contributed by atoms with Crippen molar-refractivity contribution < 1.29 is 23.8 Å². The van der Waals surface area contributed by atoms with E-state index < -0.39 is 7.32 Å². The molecule has 0 radical (unpaired) electrons. The van der Waals surface area contributed by atoms with Crippen molar-refractivity contribution in [3.05, 3.63) is 54.3 Å². The summed E-state index contributed by atoms with van der Waals surface area (Å²) in [6, 6.07) is 11.9. The fourth-order valence-electron chi connectivity index (χ4n) is 1.37. The van der Waals surface area contributed by atoms with Crippen molar-refractivity contribution in [1.29, 1.82) is 0 Å². The summed E-state index contributed by atoms with van der Waals surface area (Å²) >= 11 is 0. The fraction of sp³-hybridized carbons (Fsp3) is 0. The van der Waals surface area contributed by atoms with Crippen LogP contribution in [0, 0.1) is 5.82 Å². The second-order valence-electron chi connectivity index (χ2n) is 3.47. The third-order valence-corrected chi connectivity index (χ3v) is 2.10. The summed E-state index contributed by atoms with van der Waals surface area (Å²) in [7, 11) is -1.86. The van der Waals surface area contributed by atoms with Crippen LogP contribution >= 0.6 is 0 Å². The highest BCUT2D eigenvalue weighted by molar-refractivity contribution is 6.33. The van der Waals surface area contributed by atoms with Gasteiger partial charge in [0.15, 0.2) is 0 Å². The van der Waals surface area contributed by atoms with E-state index in [4.69, 9.17) is 14.8 Å². The van der Waals surface area contributed by atoms with Crippen molar-refractivity contribution in [3.63, 3.8) is 0 Å². The Labute approximate surface area is 103 Å². The first-order valence-electron chi connectivity index (χ1n) is 5.20. The Kier molecular flexibility index (Phi) is 3.81. The van der Waals surface area contributed by atoms with Crippen LogP contribution in [0.5, 0.6) is 17.2 Å². The molecule has 0 aliphatic carbocycles. The first kappa shape index (κ1) is 12.4. The zero-order valence-corrected chi connectivity index (χ0v) is 9.29. The molecule has 2 aromatic rings. The number of halogens is 1. The van der Waals surface area contributed by atoms with Crippen LogP contribution in [0.3, 0.4) is 0 Å². The third-order valence-electron chi connectivity index (χ3n) is 2.10. The van der Waals surface area contributed by atoms with Crippen LogP contribution in [0.15, 0.2) is 48.5 Å². The van der Waals surface area contributed by atoms with Gasteiger partial charge < -0.3 is 19.4 Å². The van der Waals surface area contributed by atoms with Gasteiger partial charge in [0.05, 0.1) is 0 Å². The molecule has 0 heterocycles. The van der Waals surface area contributed by atoms with Gasteiger partial charge in [-0.2, -0.15) is 0 Å². The lowest BCUT2D eigenvalue weighted by Crippen LogP contribution is -2.20. The van der Waals surface area contributed by atoms with Crippen molar-refractivity contribution in [2.45, 2.75) is 0 Å². The molecule has 0 bridgehead atoms. The largest absolute Gasteiger partial charge is 0.707 e. The first-order valence-corrected chi connectivity index (χ1v) is 5.20. The van der Waals surface area contributed by atoms with Crippen LogP contribution in [0.2, 0.25) is 0 Å². The predicted octanol–water partition coefficient (Wildman–Crippen LogP) is 1.97. The van der Waals surface area contributed by atoms with Crippen molar-refractivity contribution in [3.8, 4) is 17.2 Å². The Bertz CT molecular complexity index is 516. The molecular weight excluding hydrogens is 238 g/mol. The van der Waals surface area contributed by atoms with E-state index in [1.165, 1.54) is 24.3 Å². The molecule has 2 rings (SSSR count). The van der Waals surface area contributed by atoms with Crippen molar-refractivity contribution in [2.75, 3.05) is 0 Å². The maximum Gasteiger partial charge on any atom is 0.707 e. The van der Waals surface area contributed by atoms with Gasteiger partial charge in [-0.1, -0.05) is 6.07 Å². The second-order valence-corrected chi connectivity index (χ2v) is 3.47. The van der Waals surface area contributed by atoms with E-state index in [-0.39, 0.29) is 11.6 Å². The highest BCUT2D eigenvalue weighted by Gasteiger charge is 2.10. The minimum Gasteiger partial charge on any atom is -0.512 e. The summed E-state index contributed by atoms with van der Waals surface area (Å²) in [6.07, 6.45) is 0. The zero-order valence-electron chi connectivity index (χ0n) is 9.29. The molecule has 0 aromatic heterocycles. The Balaban J connectivity index is 2.06. The third kappa shape index (κ3) is 3.48. The molecule has 0 saturated heterocycles. The predicted molar refractivity (Wildman–Crippen MR) is 63.7 cm³/mol. The first-order chi connectivity index (χ1) is 8.63. The molecule has 18 heavy (non-hydrogen) atoms. The summed E-state index contributed by atoms with van der Waals surface area (Å²) in [4.78, 5) is 0. The topological polar surface area (TPSA) is 58.9 Å². The number of ether oxygens (including phenoxy) is 1. The van der Waals surface area contributed by atoms with Gasteiger partial charge in [-0.25, -0.2) is 4.39 Å². The minimum absolute atomic E-state index is 0.289. The maximum absolute atomic E-state index is 12.9. The summed E-state index contributed by atoms with van der Waals surface area (Å²) in [5.41, 5.74) is 0. The van der Waals surface area contributed by atoms with Crippen molar-refractivity contribution in [1.82, 2.24) is 0 Å². The molecule has 0 fully saturated rings. The lowest BCUT2D eigenvalue weighted by Gasteiger charge is -2.07. The van der Waals surface area contributed by atoms with Gasteiger partial charge in [-0.3, -0.25) is 0 Å². The SMILES string of the molecule is OB(O)Oc1ccc(Oc2cccc(F)c2)cc1. The Hall–Kier alpha value is -2.05. The van der Waals surface area contributed by atoms with Gasteiger partial charge in [0.2, 0.25) is 0 Å². The number of rotatable bonds is 4. The van der Waals surface area contributed by atoms with E-state index in [0.29, 0.717) is 11.5 Å². The van der Waals surface area contributed by atoms with Gasteiger partial charge in [-0.15, -0.1) is 0 Å². The van der Waals surface area contributed by atoms with Crippen LogP contribution in [-0.2, 0) is 0 Å². The van der Waals surface area contributed by atoms with Crippen LogP contribution in [-0.4, -0.2) is 17.4 Å². The normalized spacial score (nSPS) is 9.94. The Morgan fingerprint density at radius 1 is 0.889 bits per heavy atom. The number of benzene rings is 2. The molecule has 2 aromatic carbocycles. The van der Waals surface area contributed by atoms with Gasteiger partial charge in [0, 0.05) is 6.07 Å². The minimum atomic E-state index is -1.86. The van der Waals surface area contributed by atoms with Gasteiger partial charge in [-0.05, 0) is 36.4 Å². The van der Waals surface area contributed by atoms with Crippen LogP contribution in [0.4, 0.5) is 4.39 Å². The van der Waals surface area contributed by atoms with E-state index in [9.17, 15) is 4.39 Å². The molecule has 6 heteroatoms. The maximum atomic E-state index is 12.9. The van der Waals surface area contributed by atoms with Gasteiger partial charge in [0.1, 0.15) is 23.1 Å². The molecule has 0 aliphatic heterocycles. The highest BCUT2D eigenvalue weighted by Crippen LogP contribution is 2.24. The molecule has 0 unspecified atom stereocenters. The van der Waals surface area contributed by atoms with E-state index in [0.717, 1.165) is 0 Å². The van der Waals surface area contributed by atoms with Gasteiger partial charge >= 0.3 is 7.32 Å². The summed E-state index contributed by atoms with van der Waals surface area (Å²) in [5, 5.41) is 17.2. The summed E-state index contributed by atoms with van der Waals surface area (Å²) in [6.45, 7) is 0. The number of hydrogen-bond acceptors (Lipinski definition) is 4. The molecular formula is C12H10BFO4. The van der Waals surface area contributed by atoms with Crippen LogP contribution in [0.25, 0.3) is 0 Å². The highest BCUT2D eigenvalue weighted by atomic mass is 19.1. The fourth-order valence-corrected chi connectivity index (χ4v) is 1.37. The molecule has 0 aliphatic rings. The van der Waals surface area contributed by atoms with Gasteiger partial charge in [0.25, 0.3) is 0 Å². The second kappa shape index (κ2) is 5.53. The van der Waals surface area contributed by atoms with Crippen LogP contribution in [0.1, 0.15) is 0 Å². The van der Waals surface area contributed by atoms with E-state index >= 15 is 0 Å². The molecule has 0 saturated carbocycles. The zero-order chi connectivity index (χ0) is 13.0. The smallest absolute Gasteiger partial charge is 0.512 e. The van der Waals surface area contributed by atoms with Crippen molar-refractivity contribution >= 4 is 7.32 Å². The summed E-state index contributed by atoms with van der Waals surface area (Å²) in [5.74, 6) is 0.777. The average molecular weight is 248 g/mol. The van der Waals surface area contributed by atoms with Crippen LogP contribution < -0.4 is 9.39 Å². The lowest BCUT2D eigenvalue weighted by molar-refractivity contribution is 0.288. The molecule has 0 spiro atoms. The quantitative estimate of drug-likeness (QED) is 0.812. The van der Waals surface area contributed by atoms with Crippen molar-refractivity contribution in [2.24, 2.45) is 0 Å². The van der Waals surface area contributed by atoms with E-state index in [2.05, 4.69) is 4.65 Å². The lowest BCUT2D eigenvalue weighted by atomic mass is 10.2. The molecule has 0 atom stereocenters. The average Bonchev–Trinajstić information content (AvgIpc) is 2.31. The Morgan fingerprint density at radius 2 is 1.56 bits per heavy atom. The van der Waals surface area contributed by atoms with E-state index in [1.807, 2.05) is 0 Å².